The minimum Gasteiger partial charge on any atom is -0.497 e. The van der Waals surface area contributed by atoms with Crippen molar-refractivity contribution in [2.45, 2.75) is 11.7 Å². The van der Waals surface area contributed by atoms with Gasteiger partial charge in [-0.05, 0) is 18.2 Å². The fourth-order valence-corrected chi connectivity index (χ4v) is 3.63. The molecule has 2 atom stereocenters. The SMILES string of the molecule is COc1ccc2c(c1)OC[C@@]1(OC)c3cc4c(cc3O[C@@H]21)OCO4. The van der Waals surface area contributed by atoms with Crippen LogP contribution in [-0.2, 0) is 10.3 Å². The summed E-state index contributed by atoms with van der Waals surface area (Å²) in [4.78, 5) is 0. The van der Waals surface area contributed by atoms with E-state index in [4.69, 9.17) is 28.4 Å². The van der Waals surface area contributed by atoms with Crippen molar-refractivity contribution in [2.24, 2.45) is 0 Å². The van der Waals surface area contributed by atoms with E-state index in [1.807, 2.05) is 30.3 Å². The Morgan fingerprint density at radius 3 is 2.58 bits per heavy atom. The summed E-state index contributed by atoms with van der Waals surface area (Å²) in [5.74, 6) is 3.62. The van der Waals surface area contributed by atoms with E-state index >= 15 is 0 Å². The molecular formula is C18H16O6. The van der Waals surface area contributed by atoms with Crippen LogP contribution in [0.2, 0.25) is 0 Å². The average molecular weight is 328 g/mol. The maximum atomic E-state index is 6.25. The molecule has 0 bridgehead atoms. The Labute approximate surface area is 138 Å². The van der Waals surface area contributed by atoms with E-state index in [1.54, 1.807) is 14.2 Å². The summed E-state index contributed by atoms with van der Waals surface area (Å²) >= 11 is 0. The van der Waals surface area contributed by atoms with Crippen molar-refractivity contribution in [1.82, 2.24) is 0 Å². The highest BCUT2D eigenvalue weighted by molar-refractivity contribution is 5.59. The maximum Gasteiger partial charge on any atom is 0.231 e. The largest absolute Gasteiger partial charge is 0.497 e. The van der Waals surface area contributed by atoms with E-state index in [1.165, 1.54) is 0 Å². The Kier molecular flexibility index (Phi) is 2.71. The summed E-state index contributed by atoms with van der Waals surface area (Å²) in [6.45, 7) is 0.571. The Morgan fingerprint density at radius 1 is 0.958 bits per heavy atom. The number of benzene rings is 2. The lowest BCUT2D eigenvalue weighted by Crippen LogP contribution is -2.42. The van der Waals surface area contributed by atoms with Gasteiger partial charge in [-0.25, -0.2) is 0 Å². The first-order valence-corrected chi connectivity index (χ1v) is 7.72. The molecule has 0 N–H and O–H groups in total. The number of hydrogen-bond donors (Lipinski definition) is 0. The summed E-state index contributed by atoms with van der Waals surface area (Å²) in [6.07, 6.45) is -0.297. The van der Waals surface area contributed by atoms with Gasteiger partial charge in [-0.3, -0.25) is 0 Å². The molecule has 0 fully saturated rings. The minimum atomic E-state index is -0.710. The molecule has 0 aromatic heterocycles. The number of ether oxygens (including phenoxy) is 6. The van der Waals surface area contributed by atoms with E-state index in [0.717, 1.165) is 28.4 Å². The van der Waals surface area contributed by atoms with E-state index in [0.29, 0.717) is 18.1 Å². The van der Waals surface area contributed by atoms with Crippen molar-refractivity contribution in [2.75, 3.05) is 27.6 Å². The number of rotatable bonds is 2. The summed E-state index contributed by atoms with van der Waals surface area (Å²) in [6, 6.07) is 9.51. The number of methoxy groups -OCH3 is 2. The van der Waals surface area contributed by atoms with Crippen LogP contribution < -0.4 is 23.7 Å². The van der Waals surface area contributed by atoms with Gasteiger partial charge in [-0.2, -0.15) is 0 Å². The highest BCUT2D eigenvalue weighted by Crippen LogP contribution is 2.58. The third-order valence-electron chi connectivity index (χ3n) is 4.91. The smallest absolute Gasteiger partial charge is 0.231 e. The summed E-state index contributed by atoms with van der Waals surface area (Å²) in [5, 5.41) is 0. The predicted octanol–water partition coefficient (Wildman–Crippen LogP) is 2.79. The van der Waals surface area contributed by atoms with Gasteiger partial charge in [0.15, 0.2) is 23.2 Å². The van der Waals surface area contributed by atoms with Crippen molar-refractivity contribution in [3.05, 3.63) is 41.5 Å². The molecule has 0 amide bonds. The van der Waals surface area contributed by atoms with Gasteiger partial charge in [0, 0.05) is 30.4 Å². The van der Waals surface area contributed by atoms with Crippen LogP contribution in [0.4, 0.5) is 0 Å². The van der Waals surface area contributed by atoms with Gasteiger partial charge in [0.2, 0.25) is 6.79 Å². The first-order valence-electron chi connectivity index (χ1n) is 7.72. The molecule has 0 saturated carbocycles. The van der Waals surface area contributed by atoms with Gasteiger partial charge in [-0.1, -0.05) is 0 Å². The lowest BCUT2D eigenvalue weighted by Gasteiger charge is -2.37. The first kappa shape index (κ1) is 13.8. The van der Waals surface area contributed by atoms with Crippen molar-refractivity contribution < 1.29 is 28.4 Å². The third kappa shape index (κ3) is 1.63. The molecule has 0 saturated heterocycles. The highest BCUT2D eigenvalue weighted by atomic mass is 16.7. The summed E-state index contributed by atoms with van der Waals surface area (Å²) < 4.78 is 34.4. The normalized spacial score (nSPS) is 25.2. The molecule has 3 aliphatic heterocycles. The van der Waals surface area contributed by atoms with Gasteiger partial charge in [0.25, 0.3) is 0 Å². The second kappa shape index (κ2) is 4.70. The zero-order valence-corrected chi connectivity index (χ0v) is 13.3. The topological polar surface area (TPSA) is 55.4 Å². The van der Waals surface area contributed by atoms with Crippen LogP contribution in [0.15, 0.2) is 30.3 Å². The zero-order valence-electron chi connectivity index (χ0n) is 13.3. The molecule has 3 aliphatic rings. The van der Waals surface area contributed by atoms with Crippen LogP contribution >= 0.6 is 0 Å². The summed E-state index contributed by atoms with van der Waals surface area (Å²) in [5.41, 5.74) is 1.14. The molecule has 124 valence electrons. The van der Waals surface area contributed by atoms with Gasteiger partial charge in [-0.15, -0.1) is 0 Å². The molecule has 2 aromatic rings. The second-order valence-electron chi connectivity index (χ2n) is 5.99. The minimum absolute atomic E-state index is 0.223. The maximum absolute atomic E-state index is 6.25. The van der Waals surface area contributed by atoms with Crippen molar-refractivity contribution >= 4 is 0 Å². The lowest BCUT2D eigenvalue weighted by atomic mass is 9.84. The molecule has 0 unspecified atom stereocenters. The average Bonchev–Trinajstić information content (AvgIpc) is 3.21. The molecular weight excluding hydrogens is 312 g/mol. The fourth-order valence-electron chi connectivity index (χ4n) is 3.63. The van der Waals surface area contributed by atoms with Crippen LogP contribution in [0.5, 0.6) is 28.7 Å². The Balaban J connectivity index is 1.66. The second-order valence-corrected chi connectivity index (χ2v) is 5.99. The molecule has 6 heteroatoms. The zero-order chi connectivity index (χ0) is 16.3. The monoisotopic (exact) mass is 328 g/mol. The first-order chi connectivity index (χ1) is 11.7. The van der Waals surface area contributed by atoms with Gasteiger partial charge in [0.1, 0.15) is 23.9 Å². The third-order valence-corrected chi connectivity index (χ3v) is 4.91. The van der Waals surface area contributed by atoms with Gasteiger partial charge in [0.05, 0.1) is 7.11 Å². The Morgan fingerprint density at radius 2 is 1.79 bits per heavy atom. The van der Waals surface area contributed by atoms with Gasteiger partial charge >= 0.3 is 0 Å². The quantitative estimate of drug-likeness (QED) is 0.845. The van der Waals surface area contributed by atoms with Crippen LogP contribution in [0.1, 0.15) is 17.2 Å². The molecule has 5 rings (SSSR count). The van der Waals surface area contributed by atoms with Crippen LogP contribution in [-0.4, -0.2) is 27.6 Å². The van der Waals surface area contributed by atoms with E-state index in [9.17, 15) is 0 Å². The summed E-state index contributed by atoms with van der Waals surface area (Å²) in [7, 11) is 3.31. The number of fused-ring (bicyclic) bond motifs is 6. The Hall–Kier alpha value is -2.60. The Bertz CT molecular complexity index is 832. The number of hydrogen-bond acceptors (Lipinski definition) is 6. The highest BCUT2D eigenvalue weighted by Gasteiger charge is 2.55. The fraction of sp³-hybridized carbons (Fsp3) is 0.333. The van der Waals surface area contributed by atoms with Crippen LogP contribution in [0.25, 0.3) is 0 Å². The molecule has 24 heavy (non-hydrogen) atoms. The van der Waals surface area contributed by atoms with Crippen molar-refractivity contribution in [1.29, 1.82) is 0 Å². The van der Waals surface area contributed by atoms with Gasteiger partial charge < -0.3 is 28.4 Å². The molecule has 0 radical (unpaired) electrons. The molecule has 0 spiro atoms. The van der Waals surface area contributed by atoms with E-state index in [2.05, 4.69) is 0 Å². The molecule has 6 nitrogen and oxygen atoms in total. The van der Waals surface area contributed by atoms with Crippen LogP contribution in [0, 0.1) is 0 Å². The molecule has 0 aliphatic carbocycles. The standard InChI is InChI=1S/C18H16O6/c1-19-10-3-4-11-13(5-10)21-8-18(20-2)12-6-15-16(23-9-22-15)7-14(12)24-17(11)18/h3-7,17H,8-9H2,1-2H3/t17-,18+/m0/s1. The van der Waals surface area contributed by atoms with Crippen molar-refractivity contribution in [3.63, 3.8) is 0 Å². The van der Waals surface area contributed by atoms with E-state index < -0.39 is 5.60 Å². The molecule has 2 aromatic carbocycles. The van der Waals surface area contributed by atoms with Crippen molar-refractivity contribution in [3.8, 4) is 28.7 Å². The lowest BCUT2D eigenvalue weighted by molar-refractivity contribution is -0.114. The molecule has 3 heterocycles. The predicted molar refractivity (Wildman–Crippen MR) is 83.1 cm³/mol. The van der Waals surface area contributed by atoms with E-state index in [-0.39, 0.29) is 12.9 Å². The van der Waals surface area contributed by atoms with Crippen LogP contribution in [0.3, 0.4) is 0 Å².